The van der Waals surface area contributed by atoms with Gasteiger partial charge in [0.25, 0.3) is 5.91 Å². The van der Waals surface area contributed by atoms with Crippen LogP contribution in [0.25, 0.3) is 11.3 Å². The van der Waals surface area contributed by atoms with Crippen LogP contribution in [0.1, 0.15) is 15.2 Å². The third kappa shape index (κ3) is 2.93. The molecular weight excluding hydrogens is 383 g/mol. The Bertz CT molecular complexity index is 956. The summed E-state index contributed by atoms with van der Waals surface area (Å²) in [6, 6.07) is 13.0. The van der Waals surface area contributed by atoms with Gasteiger partial charge in [0.2, 0.25) is 0 Å². The van der Waals surface area contributed by atoms with Gasteiger partial charge in [-0.15, -0.1) is 23.1 Å². The van der Waals surface area contributed by atoms with Crippen LogP contribution in [0.4, 0.5) is 5.13 Å². The molecule has 1 aromatic heterocycles. The van der Waals surface area contributed by atoms with E-state index in [1.54, 1.807) is 30.0 Å². The number of aromatic nitrogens is 1. The van der Waals surface area contributed by atoms with Crippen LogP contribution in [-0.4, -0.2) is 10.9 Å². The average Bonchev–Trinajstić information content (AvgIpc) is 2.97. The summed E-state index contributed by atoms with van der Waals surface area (Å²) in [5, 5.41) is 4.23. The Labute approximate surface area is 157 Å². The molecule has 3 nitrogen and oxygen atoms in total. The van der Waals surface area contributed by atoms with Crippen LogP contribution in [0.2, 0.25) is 10.0 Å². The topological polar surface area (TPSA) is 42.0 Å². The zero-order valence-electron chi connectivity index (χ0n) is 12.2. The SMILES string of the molecule is O=C(Nc1nc2c(s1)CSc1ccccc1-2)c1ccc(Cl)cc1Cl. The molecule has 0 saturated heterocycles. The van der Waals surface area contributed by atoms with E-state index in [4.69, 9.17) is 23.2 Å². The predicted octanol–water partition coefficient (Wildman–Crippen LogP) is 5.97. The molecule has 1 aliphatic heterocycles. The first kappa shape index (κ1) is 16.0. The van der Waals surface area contributed by atoms with Gasteiger partial charge in [0, 0.05) is 26.1 Å². The maximum Gasteiger partial charge on any atom is 0.258 e. The summed E-state index contributed by atoms with van der Waals surface area (Å²) in [6.45, 7) is 0. The van der Waals surface area contributed by atoms with E-state index in [2.05, 4.69) is 22.4 Å². The van der Waals surface area contributed by atoms with E-state index in [1.165, 1.54) is 16.2 Å². The minimum absolute atomic E-state index is 0.288. The number of thioether (sulfide) groups is 1. The fourth-order valence-electron chi connectivity index (χ4n) is 2.48. The molecule has 0 fully saturated rings. The molecule has 0 bridgehead atoms. The first-order chi connectivity index (χ1) is 11.6. The first-order valence-corrected chi connectivity index (χ1v) is 9.66. The zero-order valence-corrected chi connectivity index (χ0v) is 15.3. The lowest BCUT2D eigenvalue weighted by atomic mass is 10.1. The Hall–Kier alpha value is -1.53. The number of hydrogen-bond donors (Lipinski definition) is 1. The molecule has 0 radical (unpaired) electrons. The second-order valence-corrected chi connectivity index (χ2v) is 8.10. The summed E-state index contributed by atoms with van der Waals surface area (Å²) in [4.78, 5) is 19.4. The largest absolute Gasteiger partial charge is 0.298 e. The summed E-state index contributed by atoms with van der Waals surface area (Å²) in [6.07, 6.45) is 0. The lowest BCUT2D eigenvalue weighted by Crippen LogP contribution is -2.12. The number of anilines is 1. The number of rotatable bonds is 2. The van der Waals surface area contributed by atoms with Crippen LogP contribution in [0.3, 0.4) is 0 Å². The number of carbonyl (C=O) groups is 1. The van der Waals surface area contributed by atoms with Crippen molar-refractivity contribution >= 4 is 57.3 Å². The highest BCUT2D eigenvalue weighted by Crippen LogP contribution is 2.44. The van der Waals surface area contributed by atoms with Gasteiger partial charge in [-0.1, -0.05) is 41.4 Å². The second-order valence-electron chi connectivity index (χ2n) is 5.15. The van der Waals surface area contributed by atoms with Crippen molar-refractivity contribution in [3.63, 3.8) is 0 Å². The number of carbonyl (C=O) groups excluding carboxylic acids is 1. The maximum absolute atomic E-state index is 12.4. The molecule has 0 saturated carbocycles. The first-order valence-electron chi connectivity index (χ1n) is 7.10. The van der Waals surface area contributed by atoms with Crippen molar-refractivity contribution < 1.29 is 4.79 Å². The highest BCUT2D eigenvalue weighted by Gasteiger charge is 2.22. The van der Waals surface area contributed by atoms with Crippen LogP contribution in [0.5, 0.6) is 0 Å². The highest BCUT2D eigenvalue weighted by atomic mass is 35.5. The van der Waals surface area contributed by atoms with E-state index in [0.29, 0.717) is 20.7 Å². The van der Waals surface area contributed by atoms with Crippen molar-refractivity contribution in [2.75, 3.05) is 5.32 Å². The monoisotopic (exact) mass is 392 g/mol. The van der Waals surface area contributed by atoms with Gasteiger partial charge in [0.05, 0.1) is 16.3 Å². The summed E-state index contributed by atoms with van der Waals surface area (Å²) in [5.74, 6) is 0.574. The Morgan fingerprint density at radius 3 is 2.83 bits per heavy atom. The Kier molecular flexibility index (Phi) is 4.26. The quantitative estimate of drug-likeness (QED) is 0.583. The minimum Gasteiger partial charge on any atom is -0.298 e. The third-order valence-corrected chi connectivity index (χ3v) is 6.40. The number of benzene rings is 2. The van der Waals surface area contributed by atoms with Gasteiger partial charge in [-0.05, 0) is 24.3 Å². The smallest absolute Gasteiger partial charge is 0.258 e. The Balaban J connectivity index is 1.63. The maximum atomic E-state index is 12.4. The van der Waals surface area contributed by atoms with Gasteiger partial charge in [0.15, 0.2) is 5.13 Å². The molecule has 2 heterocycles. The number of nitrogens with one attached hydrogen (secondary N) is 1. The summed E-state index contributed by atoms with van der Waals surface area (Å²) >= 11 is 15.2. The van der Waals surface area contributed by atoms with Gasteiger partial charge in [-0.2, -0.15) is 0 Å². The van der Waals surface area contributed by atoms with Gasteiger partial charge < -0.3 is 0 Å². The fraction of sp³-hybridized carbons (Fsp3) is 0.0588. The van der Waals surface area contributed by atoms with Crippen molar-refractivity contribution in [2.45, 2.75) is 10.6 Å². The van der Waals surface area contributed by atoms with Gasteiger partial charge in [-0.3, -0.25) is 10.1 Å². The molecule has 0 unspecified atom stereocenters. The van der Waals surface area contributed by atoms with Crippen molar-refractivity contribution in [1.29, 1.82) is 0 Å². The molecule has 2 aromatic carbocycles. The normalized spacial score (nSPS) is 12.4. The fourth-order valence-corrected chi connectivity index (χ4v) is 5.07. The molecule has 24 heavy (non-hydrogen) atoms. The molecule has 120 valence electrons. The number of halogens is 2. The molecule has 1 N–H and O–H groups in total. The molecule has 4 rings (SSSR count). The van der Waals surface area contributed by atoms with E-state index in [0.717, 1.165) is 21.9 Å². The lowest BCUT2D eigenvalue weighted by molar-refractivity contribution is 0.102. The van der Waals surface area contributed by atoms with E-state index >= 15 is 0 Å². The van der Waals surface area contributed by atoms with Gasteiger partial charge in [-0.25, -0.2) is 4.98 Å². The van der Waals surface area contributed by atoms with Crippen molar-refractivity contribution in [3.05, 3.63) is 63.0 Å². The molecule has 1 amide bonds. The van der Waals surface area contributed by atoms with Crippen molar-refractivity contribution in [2.24, 2.45) is 0 Å². The van der Waals surface area contributed by atoms with E-state index in [1.807, 2.05) is 12.1 Å². The molecule has 0 spiro atoms. The second kappa shape index (κ2) is 6.41. The Morgan fingerprint density at radius 2 is 2.00 bits per heavy atom. The van der Waals surface area contributed by atoms with Crippen LogP contribution in [-0.2, 0) is 5.75 Å². The van der Waals surface area contributed by atoms with Crippen molar-refractivity contribution in [1.82, 2.24) is 4.98 Å². The molecule has 7 heteroatoms. The average molecular weight is 393 g/mol. The predicted molar refractivity (Wildman–Crippen MR) is 102 cm³/mol. The molecular formula is C17H10Cl2N2OS2. The molecule has 3 aromatic rings. The summed E-state index contributed by atoms with van der Waals surface area (Å²) in [5.41, 5.74) is 2.45. The van der Waals surface area contributed by atoms with Crippen LogP contribution in [0, 0.1) is 0 Å². The molecule has 1 aliphatic rings. The van der Waals surface area contributed by atoms with E-state index < -0.39 is 0 Å². The number of nitrogens with zero attached hydrogens (tertiary/aromatic N) is 1. The standard InChI is InChI=1S/C17H10Cl2N2OS2/c18-9-5-6-10(12(19)7-9)16(22)21-17-20-15-11-3-1-2-4-13(11)23-8-14(15)24-17/h1-7H,8H2,(H,20,21,22). The lowest BCUT2D eigenvalue weighted by Gasteiger charge is -2.13. The molecule has 0 aliphatic carbocycles. The van der Waals surface area contributed by atoms with E-state index in [-0.39, 0.29) is 5.91 Å². The number of fused-ring (bicyclic) bond motifs is 3. The summed E-state index contributed by atoms with van der Waals surface area (Å²) < 4.78 is 0. The highest BCUT2D eigenvalue weighted by molar-refractivity contribution is 7.98. The zero-order chi connectivity index (χ0) is 16.7. The summed E-state index contributed by atoms with van der Waals surface area (Å²) in [7, 11) is 0. The number of hydrogen-bond acceptors (Lipinski definition) is 4. The van der Waals surface area contributed by atoms with Crippen LogP contribution >= 0.6 is 46.3 Å². The molecule has 0 atom stereocenters. The minimum atomic E-state index is -0.288. The van der Waals surface area contributed by atoms with Crippen molar-refractivity contribution in [3.8, 4) is 11.3 Å². The van der Waals surface area contributed by atoms with Gasteiger partial charge >= 0.3 is 0 Å². The Morgan fingerprint density at radius 1 is 1.17 bits per heavy atom. The van der Waals surface area contributed by atoms with E-state index in [9.17, 15) is 4.79 Å². The van der Waals surface area contributed by atoms with Gasteiger partial charge in [0.1, 0.15) is 0 Å². The third-order valence-electron chi connectivity index (χ3n) is 3.59. The van der Waals surface area contributed by atoms with Crippen LogP contribution in [0.15, 0.2) is 47.4 Å². The van der Waals surface area contributed by atoms with Crippen LogP contribution < -0.4 is 5.32 Å². The number of thiazole rings is 1. The number of amides is 1.